The van der Waals surface area contributed by atoms with Gasteiger partial charge in [-0.05, 0) is 48.2 Å². The van der Waals surface area contributed by atoms with E-state index in [-0.39, 0.29) is 19.0 Å². The SMILES string of the molecule is CCCOc1ccc(N(CC(=O)NCc2ccccc2CN2CCCC2=O)S(C)(=O)=O)cc1. The van der Waals surface area contributed by atoms with Gasteiger partial charge in [0.25, 0.3) is 0 Å². The predicted molar refractivity (Wildman–Crippen MR) is 127 cm³/mol. The lowest BCUT2D eigenvalue weighted by molar-refractivity contribution is -0.128. The molecule has 8 nitrogen and oxygen atoms in total. The summed E-state index contributed by atoms with van der Waals surface area (Å²) in [7, 11) is -3.67. The fourth-order valence-corrected chi connectivity index (χ4v) is 4.53. The average molecular weight is 474 g/mol. The van der Waals surface area contributed by atoms with Crippen LogP contribution in [-0.4, -0.2) is 51.1 Å². The summed E-state index contributed by atoms with van der Waals surface area (Å²) in [6.45, 7) is 3.74. The molecule has 0 spiro atoms. The molecule has 1 aliphatic rings. The summed E-state index contributed by atoms with van der Waals surface area (Å²) in [5, 5.41) is 2.81. The fourth-order valence-electron chi connectivity index (χ4n) is 3.67. The van der Waals surface area contributed by atoms with Crippen LogP contribution in [0.1, 0.15) is 37.3 Å². The van der Waals surface area contributed by atoms with Gasteiger partial charge >= 0.3 is 0 Å². The highest BCUT2D eigenvalue weighted by Gasteiger charge is 2.22. The monoisotopic (exact) mass is 473 g/mol. The summed E-state index contributed by atoms with van der Waals surface area (Å²) in [4.78, 5) is 26.4. The Balaban J connectivity index is 1.64. The van der Waals surface area contributed by atoms with E-state index >= 15 is 0 Å². The van der Waals surface area contributed by atoms with Gasteiger partial charge < -0.3 is 15.0 Å². The molecule has 0 unspecified atom stereocenters. The maximum absolute atomic E-state index is 12.7. The summed E-state index contributed by atoms with van der Waals surface area (Å²) in [6.07, 6.45) is 3.38. The minimum atomic E-state index is -3.67. The number of amides is 2. The molecule has 0 aliphatic carbocycles. The van der Waals surface area contributed by atoms with Crippen molar-refractivity contribution < 1.29 is 22.7 Å². The number of hydrogen-bond donors (Lipinski definition) is 1. The number of anilines is 1. The molecule has 178 valence electrons. The van der Waals surface area contributed by atoms with Crippen molar-refractivity contribution in [3.8, 4) is 5.75 Å². The van der Waals surface area contributed by atoms with Crippen molar-refractivity contribution in [1.29, 1.82) is 0 Å². The molecule has 2 aromatic carbocycles. The van der Waals surface area contributed by atoms with Crippen LogP contribution >= 0.6 is 0 Å². The van der Waals surface area contributed by atoms with E-state index < -0.39 is 15.9 Å². The first kappa shape index (κ1) is 24.6. The highest BCUT2D eigenvalue weighted by Crippen LogP contribution is 2.22. The number of ether oxygens (including phenoxy) is 1. The minimum absolute atomic E-state index is 0.142. The van der Waals surface area contributed by atoms with E-state index in [0.717, 1.165) is 41.1 Å². The topological polar surface area (TPSA) is 96.0 Å². The molecule has 1 fully saturated rings. The second kappa shape index (κ2) is 11.2. The summed E-state index contributed by atoms with van der Waals surface area (Å²) in [5.74, 6) is 0.370. The minimum Gasteiger partial charge on any atom is -0.494 e. The molecular formula is C24H31N3O5S. The number of hydrogen-bond acceptors (Lipinski definition) is 5. The molecule has 0 saturated carbocycles. The Morgan fingerprint density at radius 3 is 2.42 bits per heavy atom. The van der Waals surface area contributed by atoms with Crippen LogP contribution in [0.3, 0.4) is 0 Å². The Morgan fingerprint density at radius 2 is 1.82 bits per heavy atom. The van der Waals surface area contributed by atoms with Crippen LogP contribution in [0, 0.1) is 0 Å². The molecule has 33 heavy (non-hydrogen) atoms. The maximum Gasteiger partial charge on any atom is 0.241 e. The standard InChI is InChI=1S/C24H31N3O5S/c1-3-15-32-22-12-10-21(11-13-22)27(33(2,30)31)18-23(28)25-16-19-7-4-5-8-20(19)17-26-14-6-9-24(26)29/h4-5,7-8,10-13H,3,6,9,14-18H2,1-2H3,(H,25,28). The van der Waals surface area contributed by atoms with Crippen molar-refractivity contribution in [1.82, 2.24) is 10.2 Å². The number of likely N-dealkylation sites (tertiary alicyclic amines) is 1. The van der Waals surface area contributed by atoms with Crippen molar-refractivity contribution in [2.75, 3.05) is 30.3 Å². The molecule has 2 amide bonds. The fraction of sp³-hybridized carbons (Fsp3) is 0.417. The van der Waals surface area contributed by atoms with Crippen LogP contribution < -0.4 is 14.4 Å². The van der Waals surface area contributed by atoms with Gasteiger partial charge in [0.2, 0.25) is 21.8 Å². The first-order valence-corrected chi connectivity index (χ1v) is 12.9. The number of nitrogens with one attached hydrogen (secondary N) is 1. The Hall–Kier alpha value is -3.07. The lowest BCUT2D eigenvalue weighted by Gasteiger charge is -2.22. The zero-order valence-corrected chi connectivity index (χ0v) is 19.9. The second-order valence-electron chi connectivity index (χ2n) is 8.08. The van der Waals surface area contributed by atoms with Gasteiger partial charge in [0.05, 0.1) is 18.6 Å². The predicted octanol–water partition coefficient (Wildman–Crippen LogP) is 2.68. The quantitative estimate of drug-likeness (QED) is 0.541. The van der Waals surface area contributed by atoms with Gasteiger partial charge in [0.15, 0.2) is 0 Å². The number of carbonyl (C=O) groups is 2. The Bertz CT molecular complexity index is 1070. The van der Waals surface area contributed by atoms with Crippen molar-refractivity contribution in [3.63, 3.8) is 0 Å². The number of nitrogens with zero attached hydrogens (tertiary/aromatic N) is 2. The Morgan fingerprint density at radius 1 is 1.12 bits per heavy atom. The lowest BCUT2D eigenvalue weighted by atomic mass is 10.1. The molecule has 0 aromatic heterocycles. The van der Waals surface area contributed by atoms with Crippen molar-refractivity contribution >= 4 is 27.5 Å². The number of sulfonamides is 1. The van der Waals surface area contributed by atoms with E-state index in [0.29, 0.717) is 31.0 Å². The van der Waals surface area contributed by atoms with Gasteiger partial charge in [-0.2, -0.15) is 0 Å². The molecule has 1 heterocycles. The van der Waals surface area contributed by atoms with Crippen LogP contribution in [0.5, 0.6) is 5.75 Å². The number of rotatable bonds is 11. The van der Waals surface area contributed by atoms with E-state index in [1.54, 1.807) is 24.3 Å². The normalized spacial score (nSPS) is 13.8. The molecule has 0 bridgehead atoms. The van der Waals surface area contributed by atoms with E-state index in [1.807, 2.05) is 36.1 Å². The smallest absolute Gasteiger partial charge is 0.241 e. The van der Waals surface area contributed by atoms with Gasteiger partial charge in [-0.15, -0.1) is 0 Å². The average Bonchev–Trinajstić information content (AvgIpc) is 3.19. The summed E-state index contributed by atoms with van der Waals surface area (Å²) in [5.41, 5.74) is 2.26. The van der Waals surface area contributed by atoms with Crippen molar-refractivity contribution in [2.24, 2.45) is 0 Å². The van der Waals surface area contributed by atoms with E-state index in [4.69, 9.17) is 4.74 Å². The second-order valence-corrected chi connectivity index (χ2v) is 9.98. The summed E-state index contributed by atoms with van der Waals surface area (Å²) in [6, 6.07) is 14.3. The Labute approximate surface area is 195 Å². The van der Waals surface area contributed by atoms with Gasteiger partial charge in [-0.3, -0.25) is 13.9 Å². The van der Waals surface area contributed by atoms with Gasteiger partial charge in [0.1, 0.15) is 12.3 Å². The van der Waals surface area contributed by atoms with E-state index in [1.165, 1.54) is 0 Å². The highest BCUT2D eigenvalue weighted by molar-refractivity contribution is 7.92. The molecule has 1 saturated heterocycles. The van der Waals surface area contributed by atoms with Gasteiger partial charge in [-0.25, -0.2) is 8.42 Å². The summed E-state index contributed by atoms with van der Waals surface area (Å²) < 4.78 is 31.3. The lowest BCUT2D eigenvalue weighted by Crippen LogP contribution is -2.40. The molecular weight excluding hydrogens is 442 g/mol. The third-order valence-electron chi connectivity index (χ3n) is 5.41. The Kier molecular flexibility index (Phi) is 8.32. The van der Waals surface area contributed by atoms with E-state index in [9.17, 15) is 18.0 Å². The first-order valence-electron chi connectivity index (χ1n) is 11.1. The summed E-state index contributed by atoms with van der Waals surface area (Å²) >= 11 is 0. The largest absolute Gasteiger partial charge is 0.494 e. The third kappa shape index (κ3) is 6.95. The van der Waals surface area contributed by atoms with Crippen LogP contribution in [0.2, 0.25) is 0 Å². The van der Waals surface area contributed by atoms with Crippen LogP contribution in [0.15, 0.2) is 48.5 Å². The van der Waals surface area contributed by atoms with Gasteiger partial charge in [0, 0.05) is 26.1 Å². The zero-order valence-electron chi connectivity index (χ0n) is 19.1. The third-order valence-corrected chi connectivity index (χ3v) is 6.55. The van der Waals surface area contributed by atoms with Crippen molar-refractivity contribution in [3.05, 3.63) is 59.7 Å². The highest BCUT2D eigenvalue weighted by atomic mass is 32.2. The molecule has 0 atom stereocenters. The zero-order chi connectivity index (χ0) is 23.8. The molecule has 3 rings (SSSR count). The molecule has 2 aromatic rings. The van der Waals surface area contributed by atoms with Crippen LogP contribution in [0.4, 0.5) is 5.69 Å². The molecule has 9 heteroatoms. The number of benzene rings is 2. The van der Waals surface area contributed by atoms with Crippen LogP contribution in [-0.2, 0) is 32.7 Å². The molecule has 0 radical (unpaired) electrons. The van der Waals surface area contributed by atoms with Crippen LogP contribution in [0.25, 0.3) is 0 Å². The van der Waals surface area contributed by atoms with E-state index in [2.05, 4.69) is 5.32 Å². The molecule has 1 N–H and O–H groups in total. The van der Waals surface area contributed by atoms with Crippen molar-refractivity contribution in [2.45, 2.75) is 39.3 Å². The molecule has 1 aliphatic heterocycles. The number of carbonyl (C=O) groups excluding carboxylic acids is 2. The van der Waals surface area contributed by atoms with Gasteiger partial charge in [-0.1, -0.05) is 31.2 Å². The first-order chi connectivity index (χ1) is 15.8. The maximum atomic E-state index is 12.7.